The molecule has 0 saturated carbocycles. The molecule has 0 spiro atoms. The van der Waals surface area contributed by atoms with E-state index in [9.17, 15) is 9.90 Å². The van der Waals surface area contributed by atoms with E-state index in [-0.39, 0.29) is 12.5 Å². The Labute approximate surface area is 120 Å². The van der Waals surface area contributed by atoms with Gasteiger partial charge in [-0.3, -0.25) is 4.79 Å². The van der Waals surface area contributed by atoms with E-state index in [1.165, 1.54) is 11.3 Å². The standard InChI is InChI=1S/C14H14ClNO2S/c1-14(18,10-5-2-3-6-11(10)15)9-16-13(17)12-7-4-8-19-12/h2-8,18H,9H2,1H3,(H,16,17)/t14-/m1/s1. The molecule has 0 aliphatic carbocycles. The fourth-order valence-electron chi connectivity index (χ4n) is 1.74. The Morgan fingerprint density at radius 3 is 2.74 bits per heavy atom. The Hall–Kier alpha value is -1.36. The average molecular weight is 296 g/mol. The molecule has 100 valence electrons. The summed E-state index contributed by atoms with van der Waals surface area (Å²) >= 11 is 7.41. The average Bonchev–Trinajstić information content (AvgIpc) is 2.90. The zero-order chi connectivity index (χ0) is 13.9. The van der Waals surface area contributed by atoms with Gasteiger partial charge in [-0.15, -0.1) is 11.3 Å². The number of hydrogen-bond donors (Lipinski definition) is 2. The van der Waals surface area contributed by atoms with E-state index in [1.54, 1.807) is 37.3 Å². The third kappa shape index (κ3) is 3.35. The largest absolute Gasteiger partial charge is 0.384 e. The van der Waals surface area contributed by atoms with Crippen molar-refractivity contribution >= 4 is 28.8 Å². The molecule has 2 N–H and O–H groups in total. The van der Waals surface area contributed by atoms with Gasteiger partial charge in [0, 0.05) is 10.6 Å². The molecule has 0 aliphatic rings. The van der Waals surface area contributed by atoms with E-state index < -0.39 is 5.60 Å². The molecule has 2 aromatic rings. The first-order valence-corrected chi connectivity index (χ1v) is 7.05. The van der Waals surface area contributed by atoms with Crippen LogP contribution in [0.15, 0.2) is 41.8 Å². The lowest BCUT2D eigenvalue weighted by atomic mass is 9.96. The van der Waals surface area contributed by atoms with Crippen molar-refractivity contribution in [2.75, 3.05) is 6.54 Å². The number of hydrogen-bond acceptors (Lipinski definition) is 3. The molecule has 1 aromatic carbocycles. The molecule has 1 atom stereocenters. The maximum atomic E-state index is 11.8. The number of aliphatic hydroxyl groups is 1. The SMILES string of the molecule is C[C@@](O)(CNC(=O)c1cccs1)c1ccccc1Cl. The molecule has 0 fully saturated rings. The van der Waals surface area contributed by atoms with Crippen molar-refractivity contribution in [2.24, 2.45) is 0 Å². The summed E-state index contributed by atoms with van der Waals surface area (Å²) in [4.78, 5) is 12.4. The van der Waals surface area contributed by atoms with Crippen molar-refractivity contribution in [2.45, 2.75) is 12.5 Å². The fourth-order valence-corrected chi connectivity index (χ4v) is 2.72. The van der Waals surface area contributed by atoms with Crippen LogP contribution in [0.1, 0.15) is 22.2 Å². The first-order chi connectivity index (χ1) is 9.00. The molecule has 0 saturated heterocycles. The summed E-state index contributed by atoms with van der Waals surface area (Å²) in [5.41, 5.74) is -0.603. The fraction of sp³-hybridized carbons (Fsp3) is 0.214. The van der Waals surface area contributed by atoms with E-state index in [0.29, 0.717) is 15.5 Å². The van der Waals surface area contributed by atoms with Crippen LogP contribution in [0, 0.1) is 0 Å². The highest BCUT2D eigenvalue weighted by molar-refractivity contribution is 7.12. The lowest BCUT2D eigenvalue weighted by Crippen LogP contribution is -2.38. The number of nitrogens with one attached hydrogen (secondary N) is 1. The van der Waals surface area contributed by atoms with Gasteiger partial charge in [-0.1, -0.05) is 35.9 Å². The summed E-state index contributed by atoms with van der Waals surface area (Å²) in [6.45, 7) is 1.73. The van der Waals surface area contributed by atoms with Gasteiger partial charge in [0.1, 0.15) is 5.60 Å². The van der Waals surface area contributed by atoms with E-state index >= 15 is 0 Å². The molecule has 19 heavy (non-hydrogen) atoms. The number of carbonyl (C=O) groups is 1. The summed E-state index contributed by atoms with van der Waals surface area (Å²) < 4.78 is 0. The molecule has 0 bridgehead atoms. The number of carbonyl (C=O) groups excluding carboxylic acids is 1. The summed E-state index contributed by atoms with van der Waals surface area (Å²) in [6, 6.07) is 10.6. The summed E-state index contributed by atoms with van der Waals surface area (Å²) in [6.07, 6.45) is 0. The van der Waals surface area contributed by atoms with Gasteiger partial charge in [0.2, 0.25) is 0 Å². The minimum absolute atomic E-state index is 0.105. The van der Waals surface area contributed by atoms with Crippen molar-refractivity contribution in [3.05, 3.63) is 57.2 Å². The lowest BCUT2D eigenvalue weighted by molar-refractivity contribution is 0.0528. The summed E-state index contributed by atoms with van der Waals surface area (Å²) in [5.74, 6) is -0.192. The zero-order valence-electron chi connectivity index (χ0n) is 10.4. The van der Waals surface area contributed by atoms with Gasteiger partial charge in [-0.05, 0) is 24.4 Å². The smallest absolute Gasteiger partial charge is 0.261 e. The Morgan fingerprint density at radius 2 is 2.11 bits per heavy atom. The van der Waals surface area contributed by atoms with Crippen molar-refractivity contribution in [1.29, 1.82) is 0 Å². The molecule has 3 nitrogen and oxygen atoms in total. The van der Waals surface area contributed by atoms with Crippen molar-refractivity contribution < 1.29 is 9.90 Å². The Balaban J connectivity index is 2.06. The third-order valence-corrected chi connectivity index (χ3v) is 3.99. The highest BCUT2D eigenvalue weighted by Gasteiger charge is 2.26. The van der Waals surface area contributed by atoms with Gasteiger partial charge in [0.15, 0.2) is 0 Å². The van der Waals surface area contributed by atoms with Gasteiger partial charge in [-0.2, -0.15) is 0 Å². The molecule has 2 rings (SSSR count). The van der Waals surface area contributed by atoms with Crippen LogP contribution in [0.3, 0.4) is 0 Å². The number of thiophene rings is 1. The second-order valence-corrected chi connectivity index (χ2v) is 5.77. The van der Waals surface area contributed by atoms with Gasteiger partial charge < -0.3 is 10.4 Å². The number of halogens is 1. The quantitative estimate of drug-likeness (QED) is 0.911. The molecule has 1 heterocycles. The van der Waals surface area contributed by atoms with Crippen molar-refractivity contribution in [1.82, 2.24) is 5.32 Å². The molecule has 0 unspecified atom stereocenters. The number of benzene rings is 1. The first-order valence-electron chi connectivity index (χ1n) is 5.80. The normalized spacial score (nSPS) is 13.8. The van der Waals surface area contributed by atoms with Crippen LogP contribution in [-0.4, -0.2) is 17.6 Å². The Kier molecular flexibility index (Phi) is 4.24. The summed E-state index contributed by atoms with van der Waals surface area (Å²) in [5, 5.41) is 15.4. The summed E-state index contributed by atoms with van der Waals surface area (Å²) in [7, 11) is 0. The predicted molar refractivity (Wildman–Crippen MR) is 77.7 cm³/mol. The molecular weight excluding hydrogens is 282 g/mol. The maximum Gasteiger partial charge on any atom is 0.261 e. The maximum absolute atomic E-state index is 11.8. The monoisotopic (exact) mass is 295 g/mol. The van der Waals surface area contributed by atoms with Gasteiger partial charge in [0.05, 0.1) is 11.4 Å². The van der Waals surface area contributed by atoms with Gasteiger partial charge in [-0.25, -0.2) is 0 Å². The van der Waals surface area contributed by atoms with Crippen LogP contribution in [-0.2, 0) is 5.60 Å². The molecule has 1 amide bonds. The van der Waals surface area contributed by atoms with Gasteiger partial charge >= 0.3 is 0 Å². The minimum atomic E-state index is -1.20. The van der Waals surface area contributed by atoms with Gasteiger partial charge in [0.25, 0.3) is 5.91 Å². The van der Waals surface area contributed by atoms with E-state index in [1.807, 2.05) is 11.4 Å². The zero-order valence-corrected chi connectivity index (χ0v) is 12.0. The number of amides is 1. The van der Waals surface area contributed by atoms with Crippen LogP contribution in [0.25, 0.3) is 0 Å². The van der Waals surface area contributed by atoms with Crippen LogP contribution in [0.4, 0.5) is 0 Å². The minimum Gasteiger partial charge on any atom is -0.384 e. The van der Waals surface area contributed by atoms with E-state index in [0.717, 1.165) is 0 Å². The molecule has 5 heteroatoms. The van der Waals surface area contributed by atoms with Crippen LogP contribution in [0.2, 0.25) is 5.02 Å². The second kappa shape index (κ2) is 5.74. The van der Waals surface area contributed by atoms with Crippen LogP contribution >= 0.6 is 22.9 Å². The topological polar surface area (TPSA) is 49.3 Å². The third-order valence-electron chi connectivity index (χ3n) is 2.79. The predicted octanol–water partition coefficient (Wildman–Crippen LogP) is 3.04. The Bertz CT molecular complexity index is 567. The van der Waals surface area contributed by atoms with Crippen molar-refractivity contribution in [3.8, 4) is 0 Å². The highest BCUT2D eigenvalue weighted by Crippen LogP contribution is 2.27. The number of rotatable bonds is 4. The van der Waals surface area contributed by atoms with E-state index in [4.69, 9.17) is 11.6 Å². The lowest BCUT2D eigenvalue weighted by Gasteiger charge is -2.25. The Morgan fingerprint density at radius 1 is 1.37 bits per heavy atom. The molecule has 0 radical (unpaired) electrons. The van der Waals surface area contributed by atoms with Crippen LogP contribution < -0.4 is 5.32 Å². The molecular formula is C14H14ClNO2S. The van der Waals surface area contributed by atoms with Crippen molar-refractivity contribution in [3.63, 3.8) is 0 Å². The second-order valence-electron chi connectivity index (χ2n) is 4.41. The molecule has 1 aromatic heterocycles. The highest BCUT2D eigenvalue weighted by atomic mass is 35.5. The van der Waals surface area contributed by atoms with Crippen LogP contribution in [0.5, 0.6) is 0 Å². The van der Waals surface area contributed by atoms with E-state index in [2.05, 4.69) is 5.32 Å². The molecule has 0 aliphatic heterocycles. The first kappa shape index (κ1) is 14.1.